The number of carbonyl (C=O) groups excluding carboxylic acids is 1. The summed E-state index contributed by atoms with van der Waals surface area (Å²) < 4.78 is 58.8. The first-order valence-corrected chi connectivity index (χ1v) is 22.1. The molecule has 1 heterocycles. The Bertz CT molecular complexity index is 1100. The van der Waals surface area contributed by atoms with Crippen LogP contribution in [0.15, 0.2) is 36.5 Å². The SMILES string of the molecule is CC/C=C\C/C=C\C/C=C\CCCCCCOCC(COC1OC(CO)C(O)C(OS(=O)(=O)O)C1O)OC(=O)CCCCCCCCCCCCCCC. The van der Waals surface area contributed by atoms with Gasteiger partial charge in [-0.15, -0.1) is 0 Å². The van der Waals surface area contributed by atoms with Gasteiger partial charge in [-0.3, -0.25) is 9.35 Å². The Morgan fingerprint density at radius 1 is 0.722 bits per heavy atom. The van der Waals surface area contributed by atoms with Crippen molar-refractivity contribution in [3.63, 3.8) is 0 Å². The molecule has 0 aliphatic carbocycles. The van der Waals surface area contributed by atoms with Crippen molar-refractivity contribution in [3.8, 4) is 0 Å². The minimum Gasteiger partial charge on any atom is -0.457 e. The van der Waals surface area contributed by atoms with Crippen LogP contribution in [0.3, 0.4) is 0 Å². The van der Waals surface area contributed by atoms with Crippen molar-refractivity contribution < 1.29 is 56.2 Å². The smallest absolute Gasteiger partial charge is 0.397 e. The lowest BCUT2D eigenvalue weighted by atomic mass is 9.99. The Morgan fingerprint density at radius 3 is 1.87 bits per heavy atom. The number of allylic oxidation sites excluding steroid dienone is 6. The highest BCUT2D eigenvalue weighted by Crippen LogP contribution is 2.26. The molecule has 1 aliphatic heterocycles. The Balaban J connectivity index is 2.49. The third-order valence-electron chi connectivity index (χ3n) is 9.28. The molecule has 1 saturated heterocycles. The summed E-state index contributed by atoms with van der Waals surface area (Å²) in [6.07, 6.45) is 27.5. The van der Waals surface area contributed by atoms with Gasteiger partial charge in [0.2, 0.25) is 0 Å². The third-order valence-corrected chi connectivity index (χ3v) is 9.74. The summed E-state index contributed by atoms with van der Waals surface area (Å²) in [5, 5.41) is 30.6. The first kappa shape index (κ1) is 50.3. The van der Waals surface area contributed by atoms with Crippen molar-refractivity contribution in [1.29, 1.82) is 0 Å². The molecule has 12 nitrogen and oxygen atoms in total. The highest BCUT2D eigenvalue weighted by atomic mass is 32.3. The molecular weight excluding hydrogens is 717 g/mol. The van der Waals surface area contributed by atoms with Crippen LogP contribution in [0, 0.1) is 0 Å². The van der Waals surface area contributed by atoms with Crippen molar-refractivity contribution in [2.45, 2.75) is 192 Å². The van der Waals surface area contributed by atoms with Crippen LogP contribution in [-0.2, 0) is 38.3 Å². The van der Waals surface area contributed by atoms with E-state index in [-0.39, 0.29) is 19.6 Å². The number of unbranched alkanes of at least 4 members (excludes halogenated alkanes) is 16. The summed E-state index contributed by atoms with van der Waals surface area (Å²) in [6, 6.07) is 0. The number of ether oxygens (including phenoxy) is 4. The zero-order valence-electron chi connectivity index (χ0n) is 33.3. The summed E-state index contributed by atoms with van der Waals surface area (Å²) in [5.74, 6) is -0.409. The largest absolute Gasteiger partial charge is 0.457 e. The van der Waals surface area contributed by atoms with Gasteiger partial charge in [0.15, 0.2) is 6.29 Å². The van der Waals surface area contributed by atoms with E-state index < -0.39 is 59.8 Å². The molecule has 6 atom stereocenters. The average molecular weight is 791 g/mol. The monoisotopic (exact) mass is 790 g/mol. The molecule has 316 valence electrons. The van der Waals surface area contributed by atoms with E-state index in [9.17, 15) is 28.5 Å². The van der Waals surface area contributed by atoms with Crippen molar-refractivity contribution in [2.75, 3.05) is 26.4 Å². The van der Waals surface area contributed by atoms with Crippen LogP contribution in [0.1, 0.15) is 155 Å². The second-order valence-corrected chi connectivity index (χ2v) is 15.3. The van der Waals surface area contributed by atoms with Gasteiger partial charge in [0.25, 0.3) is 0 Å². The molecule has 4 N–H and O–H groups in total. The quantitative estimate of drug-likeness (QED) is 0.0212. The predicted octanol–water partition coefficient (Wildman–Crippen LogP) is 7.85. The Kier molecular flexibility index (Phi) is 31.2. The molecule has 0 radical (unpaired) electrons. The molecule has 54 heavy (non-hydrogen) atoms. The summed E-state index contributed by atoms with van der Waals surface area (Å²) in [5.41, 5.74) is 0. The van der Waals surface area contributed by atoms with E-state index in [1.54, 1.807) is 0 Å². The van der Waals surface area contributed by atoms with Gasteiger partial charge in [-0.1, -0.05) is 140 Å². The number of esters is 1. The summed E-state index contributed by atoms with van der Waals surface area (Å²) in [7, 11) is -5.06. The molecule has 1 fully saturated rings. The zero-order chi connectivity index (χ0) is 39.7. The molecule has 0 spiro atoms. The fourth-order valence-corrected chi connectivity index (χ4v) is 6.66. The molecule has 1 aliphatic rings. The van der Waals surface area contributed by atoms with Gasteiger partial charge in [-0.05, 0) is 44.9 Å². The lowest BCUT2D eigenvalue weighted by molar-refractivity contribution is -0.301. The number of rotatable bonds is 35. The van der Waals surface area contributed by atoms with Gasteiger partial charge in [0.05, 0.1) is 19.8 Å². The molecule has 0 aromatic carbocycles. The Labute approximate surface area is 326 Å². The van der Waals surface area contributed by atoms with Crippen molar-refractivity contribution in [3.05, 3.63) is 36.5 Å². The minimum atomic E-state index is -5.06. The van der Waals surface area contributed by atoms with Gasteiger partial charge in [0.1, 0.15) is 30.5 Å². The van der Waals surface area contributed by atoms with Crippen molar-refractivity contribution >= 4 is 16.4 Å². The van der Waals surface area contributed by atoms with Crippen LogP contribution >= 0.6 is 0 Å². The lowest BCUT2D eigenvalue weighted by Gasteiger charge is -2.41. The molecule has 1 rings (SSSR count). The van der Waals surface area contributed by atoms with E-state index in [2.05, 4.69) is 54.5 Å². The maximum Gasteiger partial charge on any atom is 0.397 e. The van der Waals surface area contributed by atoms with E-state index in [1.807, 2.05) is 0 Å². The van der Waals surface area contributed by atoms with Crippen molar-refractivity contribution in [2.24, 2.45) is 0 Å². The minimum absolute atomic E-state index is 0.0225. The second kappa shape index (κ2) is 33.5. The van der Waals surface area contributed by atoms with E-state index in [0.29, 0.717) is 13.0 Å². The van der Waals surface area contributed by atoms with Crippen LogP contribution in [-0.4, -0.2) is 97.5 Å². The number of hydrogen-bond donors (Lipinski definition) is 4. The molecule has 0 aromatic heterocycles. The van der Waals surface area contributed by atoms with E-state index >= 15 is 0 Å². The topological polar surface area (TPSA) is 178 Å². The first-order chi connectivity index (χ1) is 26.1. The fourth-order valence-electron chi connectivity index (χ4n) is 6.16. The van der Waals surface area contributed by atoms with Gasteiger partial charge in [-0.2, -0.15) is 8.42 Å². The maximum absolute atomic E-state index is 12.8. The predicted molar refractivity (Wildman–Crippen MR) is 211 cm³/mol. The lowest BCUT2D eigenvalue weighted by Crippen LogP contribution is -2.60. The number of aliphatic hydroxyl groups is 3. The summed E-state index contributed by atoms with van der Waals surface area (Å²) >= 11 is 0. The standard InChI is InChI=1S/C41H74O12S/c1-3-5-7-9-11-13-15-17-19-21-23-25-27-29-31-49-33-35(34-50-41-39(45)40(53-54(46,47)48)38(44)36(32-42)52-41)51-37(43)30-28-26-24-22-20-18-16-14-12-10-8-6-4-2/h5,7,11,13,17,19,35-36,38-42,44-45H,3-4,6,8-10,12,14-16,18,20-34H2,1-2H3,(H,46,47,48)/b7-5-,13-11-,19-17-. The molecule has 0 saturated carbocycles. The Hall–Kier alpha value is -1.68. The highest BCUT2D eigenvalue weighted by molar-refractivity contribution is 7.80. The normalized spacial score (nSPS) is 21.5. The van der Waals surface area contributed by atoms with Gasteiger partial charge in [-0.25, -0.2) is 4.18 Å². The highest BCUT2D eigenvalue weighted by Gasteiger charge is 2.48. The molecule has 0 bridgehead atoms. The number of hydrogen-bond acceptors (Lipinski definition) is 11. The van der Waals surface area contributed by atoms with Crippen LogP contribution in [0.25, 0.3) is 0 Å². The van der Waals surface area contributed by atoms with Crippen LogP contribution in [0.5, 0.6) is 0 Å². The molecular formula is C41H74O12S. The van der Waals surface area contributed by atoms with Gasteiger partial charge >= 0.3 is 16.4 Å². The molecule has 13 heteroatoms. The number of carbonyl (C=O) groups is 1. The number of aliphatic hydroxyl groups excluding tert-OH is 3. The fraction of sp³-hybridized carbons (Fsp3) is 0.829. The zero-order valence-corrected chi connectivity index (χ0v) is 34.1. The maximum atomic E-state index is 12.8. The van der Waals surface area contributed by atoms with Gasteiger partial charge in [0, 0.05) is 13.0 Å². The van der Waals surface area contributed by atoms with Gasteiger partial charge < -0.3 is 34.3 Å². The first-order valence-electron chi connectivity index (χ1n) is 20.7. The molecule has 0 aromatic rings. The van der Waals surface area contributed by atoms with E-state index in [0.717, 1.165) is 70.6 Å². The molecule has 6 unspecified atom stereocenters. The Morgan fingerprint density at radius 2 is 1.28 bits per heavy atom. The second-order valence-electron chi connectivity index (χ2n) is 14.2. The van der Waals surface area contributed by atoms with E-state index in [1.165, 1.54) is 57.8 Å². The summed E-state index contributed by atoms with van der Waals surface area (Å²) in [6.45, 7) is 3.81. The third kappa shape index (κ3) is 27.0. The van der Waals surface area contributed by atoms with Crippen molar-refractivity contribution in [1.82, 2.24) is 0 Å². The molecule has 0 amide bonds. The van der Waals surface area contributed by atoms with Crippen LogP contribution in [0.4, 0.5) is 0 Å². The van der Waals surface area contributed by atoms with E-state index in [4.69, 9.17) is 23.5 Å². The van der Waals surface area contributed by atoms with Crippen LogP contribution in [0.2, 0.25) is 0 Å². The van der Waals surface area contributed by atoms with Crippen LogP contribution < -0.4 is 0 Å². The average Bonchev–Trinajstić information content (AvgIpc) is 3.14. The summed E-state index contributed by atoms with van der Waals surface area (Å²) in [4.78, 5) is 12.8.